The van der Waals surface area contributed by atoms with Crippen LogP contribution in [0.25, 0.3) is 10.9 Å². The monoisotopic (exact) mass is 341 g/mol. The summed E-state index contributed by atoms with van der Waals surface area (Å²) >= 11 is 0. The van der Waals surface area contributed by atoms with Crippen LogP contribution in [-0.2, 0) is 0 Å². The average Bonchev–Trinajstić information content (AvgIpc) is 2.94. The zero-order valence-corrected chi connectivity index (χ0v) is 14.3. The highest BCUT2D eigenvalue weighted by atomic mass is 35.5. The van der Waals surface area contributed by atoms with Crippen molar-refractivity contribution in [1.29, 1.82) is 0 Å². The van der Waals surface area contributed by atoms with Crippen molar-refractivity contribution in [2.75, 3.05) is 20.1 Å². The maximum atomic E-state index is 12.7. The third kappa shape index (κ3) is 3.51. The third-order valence-electron chi connectivity index (χ3n) is 3.96. The van der Waals surface area contributed by atoms with Crippen molar-refractivity contribution < 1.29 is 4.79 Å². The van der Waals surface area contributed by atoms with Crippen molar-refractivity contribution >= 4 is 41.6 Å². The van der Waals surface area contributed by atoms with Crippen molar-refractivity contribution in [3.63, 3.8) is 0 Å². The summed E-state index contributed by atoms with van der Waals surface area (Å²) in [4.78, 5) is 19.2. The van der Waals surface area contributed by atoms with Crippen molar-refractivity contribution in [2.24, 2.45) is 0 Å². The number of nitrogens with one attached hydrogen (secondary N) is 1. The van der Waals surface area contributed by atoms with E-state index in [9.17, 15) is 4.79 Å². The minimum atomic E-state index is 0. The van der Waals surface area contributed by atoms with Gasteiger partial charge in [-0.3, -0.25) is 9.78 Å². The predicted octanol–water partition coefficient (Wildman–Crippen LogP) is 2.82. The fourth-order valence-corrected chi connectivity index (χ4v) is 2.84. The number of hydrogen-bond donors (Lipinski definition) is 1. The third-order valence-corrected chi connectivity index (χ3v) is 3.96. The van der Waals surface area contributed by atoms with Gasteiger partial charge in [0.25, 0.3) is 5.91 Å². The Balaban J connectivity index is 0.00000121. The van der Waals surface area contributed by atoms with Gasteiger partial charge in [0.15, 0.2) is 0 Å². The number of aryl methyl sites for hydroxylation is 1. The number of halogens is 2. The summed E-state index contributed by atoms with van der Waals surface area (Å²) in [5.74, 6) is 0.115. The minimum Gasteiger partial charge on any atom is -0.337 e. The number of aromatic nitrogens is 1. The first-order valence-corrected chi connectivity index (χ1v) is 7.02. The molecule has 1 aliphatic rings. The second kappa shape index (κ2) is 7.77. The van der Waals surface area contributed by atoms with Crippen LogP contribution in [0.15, 0.2) is 30.3 Å². The van der Waals surface area contributed by atoms with Crippen LogP contribution in [0.5, 0.6) is 0 Å². The van der Waals surface area contributed by atoms with Gasteiger partial charge in [-0.15, -0.1) is 24.8 Å². The number of carbonyl (C=O) groups is 1. The molecule has 0 spiro atoms. The second-order valence-electron chi connectivity index (χ2n) is 5.35. The molecular weight excluding hydrogens is 321 g/mol. The van der Waals surface area contributed by atoms with Crippen LogP contribution in [0.2, 0.25) is 0 Å². The van der Waals surface area contributed by atoms with E-state index >= 15 is 0 Å². The lowest BCUT2D eigenvalue weighted by molar-refractivity contribution is 0.0791. The van der Waals surface area contributed by atoms with Gasteiger partial charge >= 0.3 is 0 Å². The molecule has 2 aromatic rings. The van der Waals surface area contributed by atoms with Crippen LogP contribution in [-0.4, -0.2) is 42.0 Å². The van der Waals surface area contributed by atoms with E-state index in [-0.39, 0.29) is 30.7 Å². The Kier molecular flexibility index (Phi) is 6.60. The molecule has 120 valence electrons. The van der Waals surface area contributed by atoms with E-state index in [4.69, 9.17) is 0 Å². The van der Waals surface area contributed by atoms with Gasteiger partial charge in [-0.05, 0) is 32.5 Å². The van der Waals surface area contributed by atoms with Crippen LogP contribution in [0.1, 0.15) is 22.5 Å². The molecule has 1 unspecified atom stereocenters. The number of para-hydroxylation sites is 1. The lowest BCUT2D eigenvalue weighted by atomic mass is 10.1. The Morgan fingerprint density at radius 2 is 2.05 bits per heavy atom. The van der Waals surface area contributed by atoms with Gasteiger partial charge < -0.3 is 10.2 Å². The average molecular weight is 342 g/mol. The van der Waals surface area contributed by atoms with Gasteiger partial charge in [0.05, 0.1) is 11.1 Å². The maximum absolute atomic E-state index is 12.7. The Morgan fingerprint density at radius 3 is 2.73 bits per heavy atom. The zero-order valence-electron chi connectivity index (χ0n) is 12.7. The Bertz CT molecular complexity index is 663. The molecule has 1 aromatic heterocycles. The number of hydrogen-bond acceptors (Lipinski definition) is 3. The number of rotatable bonds is 2. The standard InChI is InChI=1S/C16H19N3O.2ClH/c1-11-9-14(13-5-3-4-6-15(13)18-11)16(20)19-8-7-12(10-19)17-2;;/h3-6,9,12,17H,7-8,10H2,1-2H3;2*1H. The first-order chi connectivity index (χ1) is 9.69. The molecule has 1 N–H and O–H groups in total. The van der Waals surface area contributed by atoms with E-state index in [0.29, 0.717) is 6.04 Å². The lowest BCUT2D eigenvalue weighted by Gasteiger charge is -2.18. The van der Waals surface area contributed by atoms with Crippen molar-refractivity contribution in [1.82, 2.24) is 15.2 Å². The Hall–Kier alpha value is -1.36. The minimum absolute atomic E-state index is 0. The van der Waals surface area contributed by atoms with E-state index in [1.54, 1.807) is 0 Å². The molecule has 0 radical (unpaired) electrons. The number of likely N-dealkylation sites (tertiary alicyclic amines) is 1. The zero-order chi connectivity index (χ0) is 14.1. The van der Waals surface area contributed by atoms with E-state index in [1.165, 1.54) is 0 Å². The van der Waals surface area contributed by atoms with Crippen LogP contribution >= 0.6 is 24.8 Å². The summed E-state index contributed by atoms with van der Waals surface area (Å²) in [7, 11) is 1.95. The largest absolute Gasteiger partial charge is 0.337 e. The smallest absolute Gasteiger partial charge is 0.254 e. The topological polar surface area (TPSA) is 45.2 Å². The van der Waals surface area contributed by atoms with E-state index < -0.39 is 0 Å². The molecule has 1 saturated heterocycles. The SMILES string of the molecule is CNC1CCN(C(=O)c2cc(C)nc3ccccc23)C1.Cl.Cl. The van der Waals surface area contributed by atoms with Crippen LogP contribution in [0.4, 0.5) is 0 Å². The highest BCUT2D eigenvalue weighted by molar-refractivity contribution is 6.06. The van der Waals surface area contributed by atoms with Crippen molar-refractivity contribution in [2.45, 2.75) is 19.4 Å². The van der Waals surface area contributed by atoms with Crippen LogP contribution < -0.4 is 5.32 Å². The molecule has 1 fully saturated rings. The number of benzene rings is 1. The molecule has 6 heteroatoms. The number of nitrogens with zero attached hydrogens (tertiary/aromatic N) is 2. The highest BCUT2D eigenvalue weighted by Crippen LogP contribution is 2.21. The fraction of sp³-hybridized carbons (Fsp3) is 0.375. The number of amides is 1. The molecule has 3 rings (SSSR count). The molecule has 0 saturated carbocycles. The second-order valence-corrected chi connectivity index (χ2v) is 5.35. The Labute approximate surface area is 143 Å². The lowest BCUT2D eigenvalue weighted by Crippen LogP contribution is -2.33. The van der Waals surface area contributed by atoms with Gasteiger partial charge in [0.1, 0.15) is 0 Å². The number of pyridine rings is 1. The van der Waals surface area contributed by atoms with Crippen LogP contribution in [0, 0.1) is 6.92 Å². The highest BCUT2D eigenvalue weighted by Gasteiger charge is 2.27. The summed E-state index contributed by atoms with van der Waals surface area (Å²) in [6, 6.07) is 10.2. The van der Waals surface area contributed by atoms with Crippen LogP contribution in [0.3, 0.4) is 0 Å². The summed E-state index contributed by atoms with van der Waals surface area (Å²) in [5.41, 5.74) is 2.54. The number of carbonyl (C=O) groups excluding carboxylic acids is 1. The van der Waals surface area contributed by atoms with Crippen molar-refractivity contribution in [3.8, 4) is 0 Å². The normalized spacial score (nSPS) is 17.0. The first-order valence-electron chi connectivity index (χ1n) is 7.02. The number of fused-ring (bicyclic) bond motifs is 1. The first kappa shape index (κ1) is 18.7. The van der Waals surface area contributed by atoms with E-state index in [0.717, 1.165) is 41.7 Å². The van der Waals surface area contributed by atoms with Gasteiger partial charge in [-0.1, -0.05) is 18.2 Å². The van der Waals surface area contributed by atoms with Gasteiger partial charge in [-0.25, -0.2) is 0 Å². The van der Waals surface area contributed by atoms with Crippen molar-refractivity contribution in [3.05, 3.63) is 41.6 Å². The maximum Gasteiger partial charge on any atom is 0.254 e. The quantitative estimate of drug-likeness (QED) is 0.913. The fourth-order valence-electron chi connectivity index (χ4n) is 2.84. The van der Waals surface area contributed by atoms with E-state index in [1.807, 2.05) is 49.2 Å². The summed E-state index contributed by atoms with van der Waals surface area (Å²) < 4.78 is 0. The van der Waals surface area contributed by atoms with Gasteiger partial charge in [0.2, 0.25) is 0 Å². The molecule has 0 aliphatic carbocycles. The molecule has 1 aromatic carbocycles. The molecule has 1 aliphatic heterocycles. The predicted molar refractivity (Wildman–Crippen MR) is 94.3 cm³/mol. The molecule has 1 amide bonds. The molecule has 2 heterocycles. The van der Waals surface area contributed by atoms with Gasteiger partial charge in [0, 0.05) is 30.2 Å². The molecule has 22 heavy (non-hydrogen) atoms. The molecular formula is C16H21Cl2N3O. The van der Waals surface area contributed by atoms with Gasteiger partial charge in [-0.2, -0.15) is 0 Å². The molecule has 1 atom stereocenters. The molecule has 4 nitrogen and oxygen atoms in total. The summed E-state index contributed by atoms with van der Waals surface area (Å²) in [6.45, 7) is 3.54. The summed E-state index contributed by atoms with van der Waals surface area (Å²) in [5, 5.41) is 4.18. The molecule has 0 bridgehead atoms. The number of likely N-dealkylation sites (N-methyl/N-ethyl adjacent to an activating group) is 1. The van der Waals surface area contributed by atoms with E-state index in [2.05, 4.69) is 10.3 Å². The summed E-state index contributed by atoms with van der Waals surface area (Å²) in [6.07, 6.45) is 1.02. The Morgan fingerprint density at radius 1 is 1.32 bits per heavy atom.